The first-order valence-corrected chi connectivity index (χ1v) is 10.3. The molecule has 2 rings (SSSR count). The van der Waals surface area contributed by atoms with Crippen LogP contribution in [0.5, 0.6) is 0 Å². The molecule has 1 aromatic rings. The van der Waals surface area contributed by atoms with Gasteiger partial charge in [-0.1, -0.05) is 39.3 Å². The van der Waals surface area contributed by atoms with Crippen LogP contribution >= 0.6 is 0 Å². The molecule has 2 amide bonds. The molecule has 0 bridgehead atoms. The van der Waals surface area contributed by atoms with Gasteiger partial charge in [-0.05, 0) is 42.4 Å². The van der Waals surface area contributed by atoms with E-state index in [2.05, 4.69) is 12.2 Å². The Hall–Kier alpha value is -1.95. The topological polar surface area (TPSA) is 58.6 Å². The van der Waals surface area contributed by atoms with Crippen molar-refractivity contribution in [2.75, 3.05) is 26.3 Å². The van der Waals surface area contributed by atoms with Crippen molar-refractivity contribution in [1.29, 1.82) is 0 Å². The predicted octanol–water partition coefficient (Wildman–Crippen LogP) is 3.49. The number of nitrogens with one attached hydrogen (secondary N) is 1. The minimum atomic E-state index is -0.513. The SMILES string of the molecule is CCCC(CC(=O)N[C@H](CC(C)C)C(=O)N1CCOCC1)c1ccc(F)cc1. The lowest BCUT2D eigenvalue weighted by Crippen LogP contribution is -2.52. The zero-order valence-corrected chi connectivity index (χ0v) is 17.2. The summed E-state index contributed by atoms with van der Waals surface area (Å²) in [4.78, 5) is 27.4. The van der Waals surface area contributed by atoms with E-state index in [-0.39, 0.29) is 23.5 Å². The number of halogens is 1. The summed E-state index contributed by atoms with van der Waals surface area (Å²) in [6, 6.07) is 5.83. The van der Waals surface area contributed by atoms with Gasteiger partial charge in [0.2, 0.25) is 11.8 Å². The summed E-state index contributed by atoms with van der Waals surface area (Å²) in [5.41, 5.74) is 0.957. The van der Waals surface area contributed by atoms with Crippen LogP contribution in [-0.4, -0.2) is 49.1 Å². The van der Waals surface area contributed by atoms with Crippen LogP contribution in [0.15, 0.2) is 24.3 Å². The summed E-state index contributed by atoms with van der Waals surface area (Å²) in [5.74, 6) is -0.131. The molecule has 1 aliphatic heterocycles. The second-order valence-corrected chi connectivity index (χ2v) is 7.93. The van der Waals surface area contributed by atoms with Crippen LogP contribution in [0.4, 0.5) is 4.39 Å². The second-order valence-electron chi connectivity index (χ2n) is 7.93. The second kappa shape index (κ2) is 11.1. The number of ether oxygens (including phenoxy) is 1. The van der Waals surface area contributed by atoms with Gasteiger partial charge in [0.1, 0.15) is 11.9 Å². The van der Waals surface area contributed by atoms with Crippen molar-refractivity contribution in [1.82, 2.24) is 10.2 Å². The number of carbonyl (C=O) groups excluding carboxylic acids is 2. The number of hydrogen-bond acceptors (Lipinski definition) is 3. The third kappa shape index (κ3) is 6.89. The van der Waals surface area contributed by atoms with E-state index < -0.39 is 6.04 Å². The molecule has 0 radical (unpaired) electrons. The standard InChI is InChI=1S/C22H33FN2O3/c1-4-5-18(17-6-8-19(23)9-7-17)15-21(26)24-20(14-16(2)3)22(27)25-10-12-28-13-11-25/h6-9,16,18,20H,4-5,10-15H2,1-3H3,(H,24,26)/t18?,20-/m1/s1. The van der Waals surface area contributed by atoms with E-state index in [0.29, 0.717) is 45.1 Å². The number of hydrogen-bond donors (Lipinski definition) is 1. The Morgan fingerprint density at radius 3 is 2.39 bits per heavy atom. The molecule has 156 valence electrons. The van der Waals surface area contributed by atoms with Crippen molar-refractivity contribution in [3.8, 4) is 0 Å². The fourth-order valence-corrected chi connectivity index (χ4v) is 3.64. The van der Waals surface area contributed by atoms with E-state index in [4.69, 9.17) is 4.74 Å². The van der Waals surface area contributed by atoms with Gasteiger partial charge < -0.3 is 15.0 Å². The average molecular weight is 393 g/mol. The maximum Gasteiger partial charge on any atom is 0.245 e. The summed E-state index contributed by atoms with van der Waals surface area (Å²) in [6.07, 6.45) is 2.67. The monoisotopic (exact) mass is 392 g/mol. The van der Waals surface area contributed by atoms with Gasteiger partial charge in [0.25, 0.3) is 0 Å². The number of morpholine rings is 1. The van der Waals surface area contributed by atoms with E-state index in [9.17, 15) is 14.0 Å². The number of nitrogens with zero attached hydrogens (tertiary/aromatic N) is 1. The number of rotatable bonds is 9. The van der Waals surface area contributed by atoms with Crippen LogP contribution in [0.1, 0.15) is 57.9 Å². The van der Waals surface area contributed by atoms with Crippen LogP contribution in [0, 0.1) is 11.7 Å². The molecule has 1 saturated heterocycles. The summed E-state index contributed by atoms with van der Waals surface area (Å²) in [6.45, 7) is 8.37. The van der Waals surface area contributed by atoms with Crippen LogP contribution in [0.25, 0.3) is 0 Å². The molecule has 1 aliphatic rings. The first-order chi connectivity index (χ1) is 13.4. The lowest BCUT2D eigenvalue weighted by molar-refractivity contribution is -0.140. The highest BCUT2D eigenvalue weighted by Gasteiger charge is 2.28. The highest BCUT2D eigenvalue weighted by atomic mass is 19.1. The van der Waals surface area contributed by atoms with Crippen LogP contribution in [0.3, 0.4) is 0 Å². The normalized spacial score (nSPS) is 16.7. The third-order valence-electron chi connectivity index (χ3n) is 5.07. The van der Waals surface area contributed by atoms with Gasteiger partial charge >= 0.3 is 0 Å². The van der Waals surface area contributed by atoms with Crippen molar-refractivity contribution in [3.05, 3.63) is 35.6 Å². The Labute approximate surface area is 167 Å². The zero-order chi connectivity index (χ0) is 20.5. The fourth-order valence-electron chi connectivity index (χ4n) is 3.64. The molecule has 6 heteroatoms. The first-order valence-electron chi connectivity index (χ1n) is 10.3. The molecular weight excluding hydrogens is 359 g/mol. The smallest absolute Gasteiger partial charge is 0.245 e. The molecular formula is C22H33FN2O3. The number of carbonyl (C=O) groups is 2. The molecule has 0 aromatic heterocycles. The van der Waals surface area contributed by atoms with E-state index >= 15 is 0 Å². The van der Waals surface area contributed by atoms with Gasteiger partial charge in [-0.3, -0.25) is 9.59 Å². The molecule has 1 heterocycles. The Morgan fingerprint density at radius 1 is 1.18 bits per heavy atom. The molecule has 28 heavy (non-hydrogen) atoms. The first kappa shape index (κ1) is 22.3. The lowest BCUT2D eigenvalue weighted by atomic mass is 9.91. The number of benzene rings is 1. The average Bonchev–Trinajstić information content (AvgIpc) is 2.67. The van der Waals surface area contributed by atoms with Crippen molar-refractivity contribution in [2.45, 2.75) is 58.4 Å². The molecule has 1 fully saturated rings. The molecule has 0 saturated carbocycles. The molecule has 0 aliphatic carbocycles. The van der Waals surface area contributed by atoms with Gasteiger partial charge in [0.15, 0.2) is 0 Å². The number of amides is 2. The van der Waals surface area contributed by atoms with Crippen molar-refractivity contribution < 1.29 is 18.7 Å². The summed E-state index contributed by atoms with van der Waals surface area (Å²) >= 11 is 0. The Bertz CT molecular complexity index is 627. The van der Waals surface area contributed by atoms with E-state index in [1.807, 2.05) is 13.8 Å². The predicted molar refractivity (Wildman–Crippen MR) is 107 cm³/mol. The van der Waals surface area contributed by atoms with Gasteiger partial charge in [-0.2, -0.15) is 0 Å². The van der Waals surface area contributed by atoms with Crippen molar-refractivity contribution in [3.63, 3.8) is 0 Å². The Morgan fingerprint density at radius 2 is 1.82 bits per heavy atom. The van der Waals surface area contributed by atoms with Crippen LogP contribution in [0.2, 0.25) is 0 Å². The molecule has 1 aromatic carbocycles. The highest BCUT2D eigenvalue weighted by molar-refractivity contribution is 5.88. The van der Waals surface area contributed by atoms with E-state index in [0.717, 1.165) is 18.4 Å². The van der Waals surface area contributed by atoms with Gasteiger partial charge in [0.05, 0.1) is 13.2 Å². The quantitative estimate of drug-likeness (QED) is 0.700. The maximum atomic E-state index is 13.2. The minimum absolute atomic E-state index is 0.0174. The molecule has 0 spiro atoms. The summed E-state index contributed by atoms with van der Waals surface area (Å²) in [7, 11) is 0. The van der Waals surface area contributed by atoms with Gasteiger partial charge in [-0.25, -0.2) is 4.39 Å². The van der Waals surface area contributed by atoms with E-state index in [1.54, 1.807) is 17.0 Å². The van der Waals surface area contributed by atoms with Crippen molar-refractivity contribution >= 4 is 11.8 Å². The van der Waals surface area contributed by atoms with Crippen molar-refractivity contribution in [2.24, 2.45) is 5.92 Å². The molecule has 2 atom stereocenters. The molecule has 1 unspecified atom stereocenters. The zero-order valence-electron chi connectivity index (χ0n) is 17.2. The summed E-state index contributed by atoms with van der Waals surface area (Å²) < 4.78 is 18.5. The third-order valence-corrected chi connectivity index (χ3v) is 5.07. The largest absolute Gasteiger partial charge is 0.378 e. The Balaban J connectivity index is 2.03. The molecule has 1 N–H and O–H groups in total. The van der Waals surface area contributed by atoms with Gasteiger partial charge in [0, 0.05) is 19.5 Å². The molecule has 5 nitrogen and oxygen atoms in total. The fraction of sp³-hybridized carbons (Fsp3) is 0.636. The maximum absolute atomic E-state index is 13.2. The van der Waals surface area contributed by atoms with Gasteiger partial charge in [-0.15, -0.1) is 0 Å². The highest BCUT2D eigenvalue weighted by Crippen LogP contribution is 2.25. The van der Waals surface area contributed by atoms with Crippen LogP contribution in [-0.2, 0) is 14.3 Å². The lowest BCUT2D eigenvalue weighted by Gasteiger charge is -2.31. The minimum Gasteiger partial charge on any atom is -0.378 e. The van der Waals surface area contributed by atoms with Crippen LogP contribution < -0.4 is 5.32 Å². The Kier molecular flexibility index (Phi) is 8.90. The summed E-state index contributed by atoms with van der Waals surface area (Å²) in [5, 5.41) is 2.97. The van der Waals surface area contributed by atoms with E-state index in [1.165, 1.54) is 12.1 Å².